The molecule has 39 heavy (non-hydrogen) atoms. The molecule has 7 heteroatoms. The molecular formula is C32H28BrN3O3. The minimum atomic E-state index is -0.938. The Kier molecular flexibility index (Phi) is 7.35. The Labute approximate surface area is 235 Å². The molecule has 1 atom stereocenters. The van der Waals surface area contributed by atoms with Gasteiger partial charge < -0.3 is 15.0 Å². The number of pyridine rings is 1. The Hall–Kier alpha value is -4.23. The van der Waals surface area contributed by atoms with Crippen LogP contribution in [0.4, 0.5) is 0 Å². The average molecular weight is 582 g/mol. The van der Waals surface area contributed by atoms with Crippen LogP contribution in [0.25, 0.3) is 22.0 Å². The van der Waals surface area contributed by atoms with Gasteiger partial charge in [0, 0.05) is 39.4 Å². The first kappa shape index (κ1) is 26.4. The van der Waals surface area contributed by atoms with Crippen molar-refractivity contribution in [1.29, 1.82) is 0 Å². The third-order valence-electron chi connectivity index (χ3n) is 7.21. The third-order valence-corrected chi connectivity index (χ3v) is 7.67. The van der Waals surface area contributed by atoms with Crippen LogP contribution in [-0.2, 0) is 6.54 Å². The van der Waals surface area contributed by atoms with E-state index in [0.717, 1.165) is 43.5 Å². The number of nitrogens with zero attached hydrogens (tertiary/aromatic N) is 2. The van der Waals surface area contributed by atoms with E-state index in [1.165, 1.54) is 0 Å². The van der Waals surface area contributed by atoms with E-state index in [1.54, 1.807) is 18.3 Å². The van der Waals surface area contributed by atoms with Crippen LogP contribution in [0.1, 0.15) is 56.2 Å². The normalized spacial score (nSPS) is 11.9. The van der Waals surface area contributed by atoms with Gasteiger partial charge in [0.2, 0.25) is 0 Å². The summed E-state index contributed by atoms with van der Waals surface area (Å²) in [4.78, 5) is 29.1. The van der Waals surface area contributed by atoms with E-state index in [1.807, 2.05) is 73.7 Å². The first-order valence-corrected chi connectivity index (χ1v) is 13.5. The van der Waals surface area contributed by atoms with Crippen molar-refractivity contribution in [2.75, 3.05) is 0 Å². The number of carboxylic acids is 1. The average Bonchev–Trinajstić information content (AvgIpc) is 3.18. The molecule has 5 aromatic rings. The number of aromatic nitrogens is 2. The summed E-state index contributed by atoms with van der Waals surface area (Å²) in [5.74, 6) is -1.08. The van der Waals surface area contributed by atoms with Crippen LogP contribution in [0.2, 0.25) is 0 Å². The van der Waals surface area contributed by atoms with Gasteiger partial charge in [0.25, 0.3) is 5.91 Å². The molecule has 0 saturated carbocycles. The molecule has 0 fully saturated rings. The quantitative estimate of drug-likeness (QED) is 0.211. The minimum absolute atomic E-state index is 0.142. The summed E-state index contributed by atoms with van der Waals surface area (Å²) in [5, 5.41) is 13.6. The molecule has 0 aliphatic heterocycles. The van der Waals surface area contributed by atoms with Gasteiger partial charge in [-0.15, -0.1) is 0 Å². The summed E-state index contributed by atoms with van der Waals surface area (Å²) >= 11 is 3.39. The number of carboxylic acid groups (broad SMARTS) is 1. The summed E-state index contributed by atoms with van der Waals surface area (Å²) < 4.78 is 3.14. The lowest BCUT2D eigenvalue weighted by Gasteiger charge is -2.14. The van der Waals surface area contributed by atoms with Crippen molar-refractivity contribution >= 4 is 38.7 Å². The van der Waals surface area contributed by atoms with Gasteiger partial charge in [0.05, 0.1) is 17.3 Å². The van der Waals surface area contributed by atoms with E-state index in [9.17, 15) is 14.7 Å². The van der Waals surface area contributed by atoms with Crippen molar-refractivity contribution in [1.82, 2.24) is 14.9 Å². The minimum Gasteiger partial charge on any atom is -0.478 e. The van der Waals surface area contributed by atoms with Crippen LogP contribution in [0.3, 0.4) is 0 Å². The fourth-order valence-electron chi connectivity index (χ4n) is 4.89. The first-order chi connectivity index (χ1) is 18.7. The van der Waals surface area contributed by atoms with Gasteiger partial charge >= 0.3 is 5.97 Å². The zero-order valence-electron chi connectivity index (χ0n) is 21.9. The second kappa shape index (κ2) is 10.9. The van der Waals surface area contributed by atoms with Crippen LogP contribution in [0.15, 0.2) is 89.5 Å². The molecular weight excluding hydrogens is 554 g/mol. The van der Waals surface area contributed by atoms with Crippen LogP contribution in [-0.4, -0.2) is 26.5 Å². The second-order valence-electron chi connectivity index (χ2n) is 9.67. The molecule has 2 N–H and O–H groups in total. The van der Waals surface area contributed by atoms with E-state index in [2.05, 4.69) is 44.6 Å². The van der Waals surface area contributed by atoms with Gasteiger partial charge in [0.1, 0.15) is 0 Å². The van der Waals surface area contributed by atoms with Crippen LogP contribution >= 0.6 is 15.9 Å². The molecule has 0 aliphatic carbocycles. The van der Waals surface area contributed by atoms with E-state index >= 15 is 0 Å². The number of benzene rings is 3. The maximum Gasteiger partial charge on any atom is 0.336 e. The summed E-state index contributed by atoms with van der Waals surface area (Å²) in [6, 6.07) is 24.4. The Bertz CT molecular complexity index is 1690. The van der Waals surface area contributed by atoms with Gasteiger partial charge in [-0.3, -0.25) is 9.78 Å². The molecule has 0 aliphatic rings. The molecule has 1 amide bonds. The van der Waals surface area contributed by atoms with Crippen molar-refractivity contribution in [3.05, 3.63) is 123 Å². The van der Waals surface area contributed by atoms with Gasteiger partial charge in [-0.25, -0.2) is 4.79 Å². The highest BCUT2D eigenvalue weighted by Crippen LogP contribution is 2.29. The van der Waals surface area contributed by atoms with E-state index < -0.39 is 5.97 Å². The number of rotatable bonds is 7. The highest BCUT2D eigenvalue weighted by molar-refractivity contribution is 9.10. The van der Waals surface area contributed by atoms with Crippen molar-refractivity contribution in [2.24, 2.45) is 0 Å². The van der Waals surface area contributed by atoms with E-state index in [0.29, 0.717) is 17.7 Å². The Morgan fingerprint density at radius 2 is 1.74 bits per heavy atom. The summed E-state index contributed by atoms with van der Waals surface area (Å²) in [6.07, 6.45) is 1.72. The Balaban J connectivity index is 1.38. The van der Waals surface area contributed by atoms with Crippen molar-refractivity contribution in [2.45, 2.75) is 33.4 Å². The fraction of sp³-hybridized carbons (Fsp3) is 0.156. The lowest BCUT2D eigenvalue weighted by atomic mass is 9.99. The van der Waals surface area contributed by atoms with Crippen LogP contribution < -0.4 is 5.32 Å². The summed E-state index contributed by atoms with van der Waals surface area (Å²) in [5.41, 5.74) is 7.68. The van der Waals surface area contributed by atoms with Crippen molar-refractivity contribution < 1.29 is 14.7 Å². The number of hydrogen-bond acceptors (Lipinski definition) is 3. The SMILES string of the molecule is Cc1c(C)n(Cc2ccc(-c3ccccc3C(=O)O)cc2)c2ccc(C(=O)N[C@@H](C)c3ccc(Br)cn3)cc12. The first-order valence-electron chi connectivity index (χ1n) is 12.7. The molecule has 0 radical (unpaired) electrons. The summed E-state index contributed by atoms with van der Waals surface area (Å²) in [6.45, 7) is 6.75. The largest absolute Gasteiger partial charge is 0.478 e. The van der Waals surface area contributed by atoms with E-state index in [4.69, 9.17) is 0 Å². The molecule has 0 unspecified atom stereocenters. The number of nitrogens with one attached hydrogen (secondary N) is 1. The maximum atomic E-state index is 13.1. The van der Waals surface area contributed by atoms with Crippen molar-refractivity contribution in [3.8, 4) is 11.1 Å². The number of fused-ring (bicyclic) bond motifs is 1. The molecule has 0 saturated heterocycles. The highest BCUT2D eigenvalue weighted by atomic mass is 79.9. The predicted octanol–water partition coefficient (Wildman–Crippen LogP) is 7.32. The second-order valence-corrected chi connectivity index (χ2v) is 10.6. The van der Waals surface area contributed by atoms with Gasteiger partial charge in [0.15, 0.2) is 0 Å². The smallest absolute Gasteiger partial charge is 0.336 e. The highest BCUT2D eigenvalue weighted by Gasteiger charge is 2.17. The number of carbonyl (C=O) groups excluding carboxylic acids is 1. The lowest BCUT2D eigenvalue weighted by molar-refractivity contribution is 0.0697. The fourth-order valence-corrected chi connectivity index (χ4v) is 5.12. The van der Waals surface area contributed by atoms with Crippen LogP contribution in [0.5, 0.6) is 0 Å². The summed E-state index contributed by atoms with van der Waals surface area (Å²) in [7, 11) is 0. The number of hydrogen-bond donors (Lipinski definition) is 2. The maximum absolute atomic E-state index is 13.1. The van der Waals surface area contributed by atoms with Gasteiger partial charge in [-0.2, -0.15) is 0 Å². The number of aryl methyl sites for hydroxylation is 1. The molecule has 0 bridgehead atoms. The molecule has 196 valence electrons. The Morgan fingerprint density at radius 3 is 2.44 bits per heavy atom. The molecule has 2 aromatic heterocycles. The zero-order chi connectivity index (χ0) is 27.7. The number of aromatic carboxylic acids is 1. The third kappa shape index (κ3) is 5.36. The lowest BCUT2D eigenvalue weighted by Crippen LogP contribution is -2.27. The topological polar surface area (TPSA) is 84.2 Å². The molecule has 0 spiro atoms. The van der Waals surface area contributed by atoms with E-state index in [-0.39, 0.29) is 17.5 Å². The predicted molar refractivity (Wildman–Crippen MR) is 157 cm³/mol. The number of amides is 1. The number of carbonyl (C=O) groups is 2. The monoisotopic (exact) mass is 581 g/mol. The molecule has 6 nitrogen and oxygen atoms in total. The van der Waals surface area contributed by atoms with Gasteiger partial charge in [-0.05, 0) is 95.4 Å². The molecule has 3 aromatic carbocycles. The zero-order valence-corrected chi connectivity index (χ0v) is 23.5. The standard InChI is InChI=1S/C32H28BrN3O3/c1-19-21(3)36(18-22-8-10-23(11-9-22)26-6-4-5-7-27(26)32(38)39)30-15-12-24(16-28(19)30)31(37)35-20(2)29-14-13-25(33)17-34-29/h4-17,20H,18H2,1-3H3,(H,35,37)(H,38,39)/t20-/m0/s1. The van der Waals surface area contributed by atoms with Gasteiger partial charge in [-0.1, -0.05) is 42.5 Å². The molecule has 2 heterocycles. The van der Waals surface area contributed by atoms with Crippen molar-refractivity contribution in [3.63, 3.8) is 0 Å². The Morgan fingerprint density at radius 1 is 1.00 bits per heavy atom. The van der Waals surface area contributed by atoms with Crippen LogP contribution in [0, 0.1) is 13.8 Å². The number of halogens is 1. The molecule has 5 rings (SSSR count).